The van der Waals surface area contributed by atoms with Gasteiger partial charge in [0.1, 0.15) is 0 Å². The molecule has 15 heavy (non-hydrogen) atoms. The second kappa shape index (κ2) is 4.97. The van der Waals surface area contributed by atoms with E-state index in [0.29, 0.717) is 24.7 Å². The molecule has 1 aliphatic rings. The summed E-state index contributed by atoms with van der Waals surface area (Å²) in [5.41, 5.74) is -0.905. The SMILES string of the molecule is COC1(C(=O)O)CCCC(CC(C)C)C1. The zero-order valence-corrected chi connectivity index (χ0v) is 9.95. The molecule has 1 rings (SSSR count). The molecular formula is C12H22O3. The maximum atomic E-state index is 11.2. The van der Waals surface area contributed by atoms with E-state index in [9.17, 15) is 9.90 Å². The Balaban J connectivity index is 2.64. The van der Waals surface area contributed by atoms with Gasteiger partial charge < -0.3 is 9.84 Å². The number of methoxy groups -OCH3 is 1. The van der Waals surface area contributed by atoms with E-state index in [0.717, 1.165) is 19.3 Å². The van der Waals surface area contributed by atoms with Crippen molar-refractivity contribution in [2.24, 2.45) is 11.8 Å². The van der Waals surface area contributed by atoms with Crippen LogP contribution in [0.5, 0.6) is 0 Å². The van der Waals surface area contributed by atoms with Gasteiger partial charge in [-0.2, -0.15) is 0 Å². The van der Waals surface area contributed by atoms with Crippen molar-refractivity contribution in [3.05, 3.63) is 0 Å². The monoisotopic (exact) mass is 214 g/mol. The lowest BCUT2D eigenvalue weighted by Gasteiger charge is -2.37. The summed E-state index contributed by atoms with van der Waals surface area (Å²) in [5, 5.41) is 9.22. The molecule has 1 N–H and O–H groups in total. The van der Waals surface area contributed by atoms with Gasteiger partial charge in [-0.15, -0.1) is 0 Å². The molecule has 0 amide bonds. The second-order valence-electron chi connectivity index (χ2n) is 5.10. The van der Waals surface area contributed by atoms with Crippen molar-refractivity contribution in [1.29, 1.82) is 0 Å². The quantitative estimate of drug-likeness (QED) is 0.782. The fourth-order valence-electron chi connectivity index (χ4n) is 2.68. The molecule has 1 saturated carbocycles. The summed E-state index contributed by atoms with van der Waals surface area (Å²) in [7, 11) is 1.52. The van der Waals surface area contributed by atoms with Crippen molar-refractivity contribution >= 4 is 5.97 Å². The first kappa shape index (κ1) is 12.5. The Morgan fingerprint density at radius 1 is 1.60 bits per heavy atom. The molecule has 0 aromatic carbocycles. The third kappa shape index (κ3) is 2.94. The highest BCUT2D eigenvalue weighted by Crippen LogP contribution is 2.37. The normalized spacial score (nSPS) is 31.9. The van der Waals surface area contributed by atoms with Crippen molar-refractivity contribution in [2.75, 3.05) is 7.11 Å². The summed E-state index contributed by atoms with van der Waals surface area (Å²) in [6.07, 6.45) is 4.57. The Bertz CT molecular complexity index is 225. The third-order valence-electron chi connectivity index (χ3n) is 3.40. The molecule has 0 radical (unpaired) electrons. The average molecular weight is 214 g/mol. The third-order valence-corrected chi connectivity index (χ3v) is 3.40. The predicted octanol–water partition coefficient (Wildman–Crippen LogP) is 2.69. The van der Waals surface area contributed by atoms with Crippen molar-refractivity contribution < 1.29 is 14.6 Å². The number of ether oxygens (including phenoxy) is 1. The number of carboxylic acid groups (broad SMARTS) is 1. The van der Waals surface area contributed by atoms with Crippen LogP contribution in [0.1, 0.15) is 46.0 Å². The van der Waals surface area contributed by atoms with Gasteiger partial charge in [0.15, 0.2) is 5.60 Å². The first-order chi connectivity index (χ1) is 7.00. The van der Waals surface area contributed by atoms with Gasteiger partial charge in [-0.1, -0.05) is 20.3 Å². The number of hydrogen-bond acceptors (Lipinski definition) is 2. The molecule has 1 aliphatic carbocycles. The van der Waals surface area contributed by atoms with E-state index in [1.54, 1.807) is 0 Å². The molecule has 0 spiro atoms. The maximum Gasteiger partial charge on any atom is 0.335 e. The minimum atomic E-state index is -0.905. The van der Waals surface area contributed by atoms with Crippen molar-refractivity contribution in [3.8, 4) is 0 Å². The van der Waals surface area contributed by atoms with Crippen LogP contribution in [0.3, 0.4) is 0 Å². The van der Waals surface area contributed by atoms with Crippen LogP contribution in [-0.2, 0) is 9.53 Å². The molecule has 0 heterocycles. The Hall–Kier alpha value is -0.570. The Labute approximate surface area is 91.8 Å². The second-order valence-corrected chi connectivity index (χ2v) is 5.10. The van der Waals surface area contributed by atoms with Gasteiger partial charge in [-0.3, -0.25) is 0 Å². The minimum Gasteiger partial charge on any atom is -0.479 e. The number of rotatable bonds is 4. The van der Waals surface area contributed by atoms with Gasteiger partial charge >= 0.3 is 5.97 Å². The van der Waals surface area contributed by atoms with Crippen molar-refractivity contribution in [1.82, 2.24) is 0 Å². The summed E-state index contributed by atoms with van der Waals surface area (Å²) in [5.74, 6) is 0.352. The molecule has 0 aliphatic heterocycles. The molecule has 0 bridgehead atoms. The smallest absolute Gasteiger partial charge is 0.335 e. The summed E-state index contributed by atoms with van der Waals surface area (Å²) in [6.45, 7) is 4.37. The van der Waals surface area contributed by atoms with Crippen LogP contribution in [0.25, 0.3) is 0 Å². The highest BCUT2D eigenvalue weighted by Gasteiger charge is 2.43. The maximum absolute atomic E-state index is 11.2. The Morgan fingerprint density at radius 3 is 2.73 bits per heavy atom. The van der Waals surface area contributed by atoms with E-state index in [1.165, 1.54) is 7.11 Å². The van der Waals surface area contributed by atoms with Crippen LogP contribution < -0.4 is 0 Å². The van der Waals surface area contributed by atoms with Gasteiger partial charge in [0.25, 0.3) is 0 Å². The van der Waals surface area contributed by atoms with Crippen LogP contribution >= 0.6 is 0 Å². The molecule has 2 atom stereocenters. The van der Waals surface area contributed by atoms with Gasteiger partial charge in [0.05, 0.1) is 0 Å². The van der Waals surface area contributed by atoms with Crippen molar-refractivity contribution in [2.45, 2.75) is 51.6 Å². The van der Waals surface area contributed by atoms with Crippen LogP contribution in [0.2, 0.25) is 0 Å². The fourth-order valence-corrected chi connectivity index (χ4v) is 2.68. The Kier molecular flexibility index (Phi) is 4.14. The standard InChI is InChI=1S/C12H22O3/c1-9(2)7-10-5-4-6-12(8-10,15-3)11(13)14/h9-10H,4-8H2,1-3H3,(H,13,14). The minimum absolute atomic E-state index is 0.509. The zero-order valence-electron chi connectivity index (χ0n) is 9.95. The summed E-state index contributed by atoms with van der Waals surface area (Å²) < 4.78 is 5.25. The van der Waals surface area contributed by atoms with E-state index in [2.05, 4.69) is 13.8 Å². The van der Waals surface area contributed by atoms with Crippen molar-refractivity contribution in [3.63, 3.8) is 0 Å². The highest BCUT2D eigenvalue weighted by atomic mass is 16.5. The molecule has 0 saturated heterocycles. The molecule has 3 nitrogen and oxygen atoms in total. The first-order valence-corrected chi connectivity index (χ1v) is 5.78. The summed E-state index contributed by atoms with van der Waals surface area (Å²) in [6, 6.07) is 0. The summed E-state index contributed by atoms with van der Waals surface area (Å²) >= 11 is 0. The van der Waals surface area contributed by atoms with Crippen LogP contribution in [0.15, 0.2) is 0 Å². The lowest BCUT2D eigenvalue weighted by Crippen LogP contribution is -2.45. The highest BCUT2D eigenvalue weighted by molar-refractivity contribution is 5.77. The zero-order chi connectivity index (χ0) is 11.5. The van der Waals surface area contributed by atoms with Crippen LogP contribution in [-0.4, -0.2) is 23.8 Å². The average Bonchev–Trinajstić information content (AvgIpc) is 2.16. The predicted molar refractivity (Wildman–Crippen MR) is 58.8 cm³/mol. The van der Waals surface area contributed by atoms with Gasteiger partial charge in [-0.05, 0) is 37.5 Å². The summed E-state index contributed by atoms with van der Waals surface area (Å²) in [4.78, 5) is 11.2. The molecule has 1 fully saturated rings. The van der Waals surface area contributed by atoms with Crippen LogP contribution in [0, 0.1) is 11.8 Å². The molecule has 3 heteroatoms. The fraction of sp³-hybridized carbons (Fsp3) is 0.917. The number of carboxylic acids is 1. The largest absolute Gasteiger partial charge is 0.479 e. The van der Waals surface area contributed by atoms with Gasteiger partial charge in [-0.25, -0.2) is 4.79 Å². The first-order valence-electron chi connectivity index (χ1n) is 5.78. The van der Waals surface area contributed by atoms with Crippen LogP contribution in [0.4, 0.5) is 0 Å². The Morgan fingerprint density at radius 2 is 2.27 bits per heavy atom. The van der Waals surface area contributed by atoms with E-state index >= 15 is 0 Å². The van der Waals surface area contributed by atoms with Gasteiger partial charge in [0.2, 0.25) is 0 Å². The number of hydrogen-bond donors (Lipinski definition) is 1. The van der Waals surface area contributed by atoms with E-state index in [1.807, 2.05) is 0 Å². The van der Waals surface area contributed by atoms with E-state index in [-0.39, 0.29) is 0 Å². The lowest BCUT2D eigenvalue weighted by molar-refractivity contribution is -0.168. The molecule has 0 aromatic rings. The van der Waals surface area contributed by atoms with E-state index < -0.39 is 11.6 Å². The molecule has 88 valence electrons. The van der Waals surface area contributed by atoms with Gasteiger partial charge in [0, 0.05) is 7.11 Å². The lowest BCUT2D eigenvalue weighted by atomic mass is 9.75. The molecule has 0 aromatic heterocycles. The van der Waals surface area contributed by atoms with E-state index in [4.69, 9.17) is 4.74 Å². The number of carbonyl (C=O) groups is 1. The molecular weight excluding hydrogens is 192 g/mol. The topological polar surface area (TPSA) is 46.5 Å². The number of aliphatic carboxylic acids is 1. The molecule has 2 unspecified atom stereocenters.